The summed E-state index contributed by atoms with van der Waals surface area (Å²) < 4.78 is 10.6. The van der Waals surface area contributed by atoms with Crippen molar-refractivity contribution in [2.45, 2.75) is 64.3 Å². The summed E-state index contributed by atoms with van der Waals surface area (Å²) in [6.45, 7) is 7.42. The summed E-state index contributed by atoms with van der Waals surface area (Å²) in [4.78, 5) is 0. The Kier molecular flexibility index (Phi) is 5.59. The Labute approximate surface area is 112 Å². The third-order valence-electron chi connectivity index (χ3n) is 4.11. The highest BCUT2D eigenvalue weighted by atomic mass is 16.7. The summed E-state index contributed by atoms with van der Waals surface area (Å²) >= 11 is 0. The molecule has 2 atom stereocenters. The smallest absolute Gasteiger partial charge is 0.158 e. The van der Waals surface area contributed by atoms with Crippen LogP contribution in [-0.2, 0) is 9.47 Å². The van der Waals surface area contributed by atoms with Gasteiger partial charge in [0, 0.05) is 38.8 Å². The van der Waals surface area contributed by atoms with E-state index < -0.39 is 0 Å². The zero-order chi connectivity index (χ0) is 13.8. The van der Waals surface area contributed by atoms with Gasteiger partial charge in [-0.1, -0.05) is 13.8 Å². The lowest BCUT2D eigenvalue weighted by Crippen LogP contribution is -2.54. The molecule has 1 fully saturated rings. The van der Waals surface area contributed by atoms with E-state index in [0.717, 1.165) is 6.42 Å². The van der Waals surface area contributed by atoms with E-state index in [2.05, 4.69) is 26.1 Å². The van der Waals surface area contributed by atoms with E-state index in [-0.39, 0.29) is 11.8 Å². The van der Waals surface area contributed by atoms with Crippen LogP contribution in [0.2, 0.25) is 0 Å². The normalized spacial score (nSPS) is 26.5. The number of ether oxygens (including phenoxy) is 2. The van der Waals surface area contributed by atoms with Crippen LogP contribution in [0.15, 0.2) is 0 Å². The molecule has 4 nitrogen and oxygen atoms in total. The lowest BCUT2D eigenvalue weighted by molar-refractivity contribution is -0.118. The first-order chi connectivity index (χ1) is 8.34. The fourth-order valence-electron chi connectivity index (χ4n) is 2.88. The Balaban J connectivity index is 2.54. The van der Waals surface area contributed by atoms with Gasteiger partial charge in [-0.05, 0) is 31.6 Å². The van der Waals surface area contributed by atoms with Crippen molar-refractivity contribution < 1.29 is 9.47 Å². The van der Waals surface area contributed by atoms with Crippen molar-refractivity contribution in [2.24, 2.45) is 11.1 Å². The Morgan fingerprint density at radius 1 is 1.39 bits per heavy atom. The Morgan fingerprint density at radius 2 is 2.00 bits per heavy atom. The number of methoxy groups -OCH3 is 2. The molecule has 0 spiro atoms. The van der Waals surface area contributed by atoms with Crippen molar-refractivity contribution in [1.82, 2.24) is 5.32 Å². The third kappa shape index (κ3) is 4.50. The number of hydrogen-bond acceptors (Lipinski definition) is 4. The molecule has 0 aliphatic heterocycles. The molecule has 3 N–H and O–H groups in total. The van der Waals surface area contributed by atoms with E-state index in [1.54, 1.807) is 14.2 Å². The van der Waals surface area contributed by atoms with Crippen LogP contribution in [0.3, 0.4) is 0 Å². The van der Waals surface area contributed by atoms with Crippen LogP contribution in [0, 0.1) is 5.41 Å². The van der Waals surface area contributed by atoms with Crippen molar-refractivity contribution in [3.8, 4) is 0 Å². The topological polar surface area (TPSA) is 56.5 Å². The van der Waals surface area contributed by atoms with Gasteiger partial charge in [0.1, 0.15) is 0 Å². The predicted octanol–water partition coefficient (Wildman–Crippen LogP) is 1.88. The zero-order valence-corrected chi connectivity index (χ0v) is 12.6. The lowest BCUT2D eigenvalue weighted by Gasteiger charge is -2.35. The Morgan fingerprint density at radius 3 is 2.39 bits per heavy atom. The fourth-order valence-corrected chi connectivity index (χ4v) is 2.88. The van der Waals surface area contributed by atoms with Crippen LogP contribution in [0.4, 0.5) is 0 Å². The van der Waals surface area contributed by atoms with E-state index in [9.17, 15) is 0 Å². The number of rotatable bonds is 7. The maximum absolute atomic E-state index is 5.94. The van der Waals surface area contributed by atoms with Gasteiger partial charge in [0.15, 0.2) is 6.29 Å². The average molecular weight is 258 g/mol. The minimum Gasteiger partial charge on any atom is -0.356 e. The maximum Gasteiger partial charge on any atom is 0.158 e. The molecule has 0 amide bonds. The van der Waals surface area contributed by atoms with E-state index in [1.807, 2.05) is 0 Å². The minimum absolute atomic E-state index is 0.123. The van der Waals surface area contributed by atoms with Crippen molar-refractivity contribution in [1.29, 1.82) is 0 Å². The molecular weight excluding hydrogens is 228 g/mol. The number of nitrogens with two attached hydrogens (primary N) is 1. The van der Waals surface area contributed by atoms with Crippen molar-refractivity contribution in [3.05, 3.63) is 0 Å². The lowest BCUT2D eigenvalue weighted by atomic mass is 9.91. The van der Waals surface area contributed by atoms with Gasteiger partial charge < -0.3 is 20.5 Å². The minimum atomic E-state index is -0.194. The molecule has 4 heteroatoms. The summed E-state index contributed by atoms with van der Waals surface area (Å²) in [5, 5.41) is 3.71. The monoisotopic (exact) mass is 258 g/mol. The van der Waals surface area contributed by atoms with Crippen LogP contribution >= 0.6 is 0 Å². The van der Waals surface area contributed by atoms with Gasteiger partial charge in [0.05, 0.1) is 0 Å². The molecule has 1 rings (SSSR count). The highest BCUT2D eigenvalue weighted by Gasteiger charge is 2.36. The molecule has 2 unspecified atom stereocenters. The SMILES string of the molecule is COC(CC(C)(CN)NC1CCC(C)(C)C1)OC. The molecule has 0 radical (unpaired) electrons. The van der Waals surface area contributed by atoms with Gasteiger partial charge in [-0.25, -0.2) is 0 Å². The van der Waals surface area contributed by atoms with Crippen LogP contribution < -0.4 is 11.1 Å². The quantitative estimate of drug-likeness (QED) is 0.685. The van der Waals surface area contributed by atoms with Gasteiger partial charge in [-0.3, -0.25) is 0 Å². The average Bonchev–Trinajstić information content (AvgIpc) is 2.65. The molecule has 18 heavy (non-hydrogen) atoms. The Hall–Kier alpha value is -0.160. The van der Waals surface area contributed by atoms with E-state index in [4.69, 9.17) is 15.2 Å². The molecule has 0 heterocycles. The van der Waals surface area contributed by atoms with Gasteiger partial charge in [0.2, 0.25) is 0 Å². The first-order valence-electron chi connectivity index (χ1n) is 6.87. The first-order valence-corrected chi connectivity index (χ1v) is 6.87. The van der Waals surface area contributed by atoms with Crippen LogP contribution in [0.1, 0.15) is 46.5 Å². The molecule has 108 valence electrons. The molecule has 0 aromatic carbocycles. The first kappa shape index (κ1) is 15.9. The molecule has 0 saturated heterocycles. The van der Waals surface area contributed by atoms with E-state index in [0.29, 0.717) is 18.0 Å². The van der Waals surface area contributed by atoms with Gasteiger partial charge in [-0.2, -0.15) is 0 Å². The molecule has 0 aromatic heterocycles. The van der Waals surface area contributed by atoms with E-state index in [1.165, 1.54) is 19.3 Å². The highest BCUT2D eigenvalue weighted by molar-refractivity contribution is 4.94. The molecule has 1 aliphatic carbocycles. The highest BCUT2D eigenvalue weighted by Crippen LogP contribution is 2.37. The van der Waals surface area contributed by atoms with Crippen molar-refractivity contribution in [2.75, 3.05) is 20.8 Å². The van der Waals surface area contributed by atoms with Crippen LogP contribution in [-0.4, -0.2) is 38.6 Å². The molecular formula is C14H30N2O2. The number of hydrogen-bond donors (Lipinski definition) is 2. The molecule has 1 saturated carbocycles. The van der Waals surface area contributed by atoms with Crippen molar-refractivity contribution >= 4 is 0 Å². The Bertz CT molecular complexity index is 254. The summed E-state index contributed by atoms with van der Waals surface area (Å²) in [5.41, 5.74) is 6.27. The van der Waals surface area contributed by atoms with Crippen molar-refractivity contribution in [3.63, 3.8) is 0 Å². The molecule has 0 bridgehead atoms. The van der Waals surface area contributed by atoms with Crippen LogP contribution in [0.5, 0.6) is 0 Å². The number of nitrogens with one attached hydrogen (secondary N) is 1. The second-order valence-electron chi connectivity index (χ2n) is 6.62. The second kappa shape index (κ2) is 6.33. The fraction of sp³-hybridized carbons (Fsp3) is 1.00. The third-order valence-corrected chi connectivity index (χ3v) is 4.11. The standard InChI is InChI=1S/C14H30N2O2/c1-13(2)7-6-11(8-13)16-14(3,10-15)9-12(17-4)18-5/h11-12,16H,6-10,15H2,1-5H3. The van der Waals surface area contributed by atoms with Gasteiger partial charge >= 0.3 is 0 Å². The molecule has 1 aliphatic rings. The summed E-state index contributed by atoms with van der Waals surface area (Å²) in [7, 11) is 3.34. The van der Waals surface area contributed by atoms with E-state index >= 15 is 0 Å². The summed E-state index contributed by atoms with van der Waals surface area (Å²) in [5.74, 6) is 0. The van der Waals surface area contributed by atoms with Crippen LogP contribution in [0.25, 0.3) is 0 Å². The maximum atomic E-state index is 5.94. The van der Waals surface area contributed by atoms with Gasteiger partial charge in [-0.15, -0.1) is 0 Å². The summed E-state index contributed by atoms with van der Waals surface area (Å²) in [6.07, 6.45) is 4.30. The molecule has 0 aromatic rings. The van der Waals surface area contributed by atoms with Gasteiger partial charge in [0.25, 0.3) is 0 Å². The predicted molar refractivity (Wildman–Crippen MR) is 74.4 cm³/mol. The second-order valence-corrected chi connectivity index (χ2v) is 6.62. The summed E-state index contributed by atoms with van der Waals surface area (Å²) in [6, 6.07) is 0.558. The zero-order valence-electron chi connectivity index (χ0n) is 12.6. The largest absolute Gasteiger partial charge is 0.356 e.